The summed E-state index contributed by atoms with van der Waals surface area (Å²) in [4.78, 5) is 26.2. The zero-order chi connectivity index (χ0) is 18.6. The summed E-state index contributed by atoms with van der Waals surface area (Å²) in [5.74, 6) is 1.04. The Morgan fingerprint density at radius 3 is 2.48 bits per heavy atom. The number of likely N-dealkylation sites (tertiary alicyclic amines) is 1. The summed E-state index contributed by atoms with van der Waals surface area (Å²) in [5.41, 5.74) is 3.12. The van der Waals surface area contributed by atoms with Gasteiger partial charge in [-0.3, -0.25) is 4.79 Å². The number of aryl methyl sites for hydroxylation is 1. The third-order valence-corrected chi connectivity index (χ3v) is 7.59. The molecule has 5 heteroatoms. The van der Waals surface area contributed by atoms with E-state index in [0.29, 0.717) is 17.9 Å². The number of piperidine rings is 1. The molecule has 1 N–H and O–H groups in total. The fourth-order valence-electron chi connectivity index (χ4n) is 5.89. The molecule has 0 bridgehead atoms. The summed E-state index contributed by atoms with van der Waals surface area (Å²) < 4.78 is 5.01. The molecule has 4 fully saturated rings. The van der Waals surface area contributed by atoms with Gasteiger partial charge in [-0.1, -0.05) is 24.3 Å². The fraction of sp³-hybridized carbons (Fsp3) is 0.636. The molecule has 2 heterocycles. The Labute approximate surface area is 160 Å². The lowest BCUT2D eigenvalue weighted by Gasteiger charge is -2.53. The van der Waals surface area contributed by atoms with E-state index in [2.05, 4.69) is 41.4 Å². The minimum atomic E-state index is -0.339. The Morgan fingerprint density at radius 2 is 1.85 bits per heavy atom. The molecule has 0 aromatic heterocycles. The number of rotatable bonds is 2. The second-order valence-electron chi connectivity index (χ2n) is 9.37. The predicted molar refractivity (Wildman–Crippen MR) is 101 cm³/mol. The van der Waals surface area contributed by atoms with Crippen molar-refractivity contribution in [1.29, 1.82) is 0 Å². The van der Waals surface area contributed by atoms with E-state index in [1.165, 1.54) is 24.0 Å². The molecule has 2 saturated carbocycles. The summed E-state index contributed by atoms with van der Waals surface area (Å²) in [7, 11) is 0. The molecule has 1 aromatic rings. The first-order chi connectivity index (χ1) is 13.0. The highest BCUT2D eigenvalue weighted by molar-refractivity contribution is 5.81. The lowest BCUT2D eigenvalue weighted by atomic mass is 9.55. The van der Waals surface area contributed by atoms with E-state index in [1.54, 1.807) is 0 Å². The van der Waals surface area contributed by atoms with E-state index in [-0.39, 0.29) is 23.5 Å². The molecule has 2 aliphatic heterocycles. The van der Waals surface area contributed by atoms with Crippen molar-refractivity contribution in [2.45, 2.75) is 56.9 Å². The highest BCUT2D eigenvalue weighted by atomic mass is 16.6. The number of hydrogen-bond donors (Lipinski definition) is 1. The Bertz CT molecular complexity index is 768. The standard InChI is InChI=1S/C22H28N2O3/c1-15-4-2-3-5-18(15)16-10-21(11-16)6-8-24(9-7-21)19(25)17-12-22(13-17)14-27-20(26)23-22/h2-5,16-17H,6-14H2,1H3,(H,23,26). The van der Waals surface area contributed by atoms with Crippen LogP contribution in [0.5, 0.6) is 0 Å². The highest BCUT2D eigenvalue weighted by Gasteiger charge is 2.54. The van der Waals surface area contributed by atoms with Gasteiger partial charge in [0.1, 0.15) is 6.61 Å². The molecular formula is C22H28N2O3. The number of ether oxygens (including phenoxy) is 1. The van der Waals surface area contributed by atoms with Crippen LogP contribution >= 0.6 is 0 Å². The SMILES string of the molecule is Cc1ccccc1C1CC2(CCN(C(=O)C3CC4(COC(=O)N4)C3)CC2)C1. The molecular weight excluding hydrogens is 340 g/mol. The van der Waals surface area contributed by atoms with Crippen LogP contribution in [0.2, 0.25) is 0 Å². The topological polar surface area (TPSA) is 58.6 Å². The second-order valence-corrected chi connectivity index (χ2v) is 9.37. The van der Waals surface area contributed by atoms with Crippen LogP contribution in [-0.4, -0.2) is 42.1 Å². The van der Waals surface area contributed by atoms with Crippen molar-refractivity contribution in [3.05, 3.63) is 35.4 Å². The Balaban J connectivity index is 1.12. The third kappa shape index (κ3) is 2.82. The van der Waals surface area contributed by atoms with Crippen molar-refractivity contribution in [2.24, 2.45) is 11.3 Å². The second kappa shape index (κ2) is 5.98. The Morgan fingerprint density at radius 1 is 1.15 bits per heavy atom. The number of cyclic esters (lactones) is 1. The van der Waals surface area contributed by atoms with E-state index in [0.717, 1.165) is 38.8 Å². The lowest BCUT2D eigenvalue weighted by Crippen LogP contribution is -2.59. The average Bonchev–Trinajstić information content (AvgIpc) is 3.01. The van der Waals surface area contributed by atoms with Gasteiger partial charge < -0.3 is 15.0 Å². The van der Waals surface area contributed by atoms with Crippen LogP contribution in [-0.2, 0) is 9.53 Å². The maximum Gasteiger partial charge on any atom is 0.407 e. The fourth-order valence-corrected chi connectivity index (χ4v) is 5.89. The number of carbonyl (C=O) groups excluding carboxylic acids is 2. The average molecular weight is 368 g/mol. The summed E-state index contributed by atoms with van der Waals surface area (Å²) in [6.45, 7) is 4.42. The molecule has 5 nitrogen and oxygen atoms in total. The van der Waals surface area contributed by atoms with E-state index in [4.69, 9.17) is 4.74 Å². The highest BCUT2D eigenvalue weighted by Crippen LogP contribution is 2.57. The Hall–Kier alpha value is -2.04. The number of alkyl carbamates (subject to hydrolysis) is 1. The molecule has 2 amide bonds. The largest absolute Gasteiger partial charge is 0.447 e. The van der Waals surface area contributed by atoms with Crippen molar-refractivity contribution in [2.75, 3.05) is 19.7 Å². The number of nitrogens with one attached hydrogen (secondary N) is 1. The van der Waals surface area contributed by atoms with Gasteiger partial charge >= 0.3 is 6.09 Å². The summed E-state index contributed by atoms with van der Waals surface area (Å²) >= 11 is 0. The maximum absolute atomic E-state index is 12.8. The monoisotopic (exact) mass is 368 g/mol. The number of amides is 2. The van der Waals surface area contributed by atoms with Gasteiger partial charge in [-0.15, -0.1) is 0 Å². The van der Waals surface area contributed by atoms with E-state index >= 15 is 0 Å². The number of carbonyl (C=O) groups is 2. The van der Waals surface area contributed by atoms with Crippen LogP contribution in [0.25, 0.3) is 0 Å². The summed E-state index contributed by atoms with van der Waals surface area (Å²) in [6, 6.07) is 8.76. The molecule has 2 spiro atoms. The summed E-state index contributed by atoms with van der Waals surface area (Å²) in [6.07, 6.45) is 5.95. The number of hydrogen-bond acceptors (Lipinski definition) is 3. The van der Waals surface area contributed by atoms with Gasteiger partial charge in [0.15, 0.2) is 0 Å². The molecule has 0 unspecified atom stereocenters. The van der Waals surface area contributed by atoms with Gasteiger partial charge in [-0.2, -0.15) is 0 Å². The van der Waals surface area contributed by atoms with Gasteiger partial charge in [0, 0.05) is 19.0 Å². The molecule has 144 valence electrons. The molecule has 2 saturated heterocycles. The quantitative estimate of drug-likeness (QED) is 0.871. The first-order valence-corrected chi connectivity index (χ1v) is 10.3. The van der Waals surface area contributed by atoms with Crippen LogP contribution in [0.1, 0.15) is 55.6 Å². The van der Waals surface area contributed by atoms with Gasteiger partial charge in [0.25, 0.3) is 0 Å². The first-order valence-electron chi connectivity index (χ1n) is 10.3. The molecule has 1 aromatic carbocycles. The Kier molecular flexibility index (Phi) is 3.78. The van der Waals surface area contributed by atoms with E-state index < -0.39 is 0 Å². The maximum atomic E-state index is 12.8. The van der Waals surface area contributed by atoms with Gasteiger partial charge in [-0.25, -0.2) is 4.79 Å². The first kappa shape index (κ1) is 17.1. The van der Waals surface area contributed by atoms with E-state index in [1.807, 2.05) is 0 Å². The molecule has 27 heavy (non-hydrogen) atoms. The zero-order valence-electron chi connectivity index (χ0n) is 16.0. The minimum absolute atomic E-state index is 0.0576. The van der Waals surface area contributed by atoms with Gasteiger partial charge in [0.05, 0.1) is 5.54 Å². The third-order valence-electron chi connectivity index (χ3n) is 7.59. The van der Waals surface area contributed by atoms with Crippen LogP contribution in [0.4, 0.5) is 4.79 Å². The molecule has 2 aliphatic carbocycles. The van der Waals surface area contributed by atoms with Crippen LogP contribution in [0, 0.1) is 18.3 Å². The molecule has 4 aliphatic rings. The van der Waals surface area contributed by atoms with Gasteiger partial charge in [-0.05, 0) is 67.9 Å². The van der Waals surface area contributed by atoms with Crippen LogP contribution in [0.15, 0.2) is 24.3 Å². The van der Waals surface area contributed by atoms with E-state index in [9.17, 15) is 9.59 Å². The smallest absolute Gasteiger partial charge is 0.407 e. The molecule has 0 atom stereocenters. The summed E-state index contributed by atoms with van der Waals surface area (Å²) in [5, 5.41) is 2.88. The predicted octanol–water partition coefficient (Wildman–Crippen LogP) is 3.37. The van der Waals surface area contributed by atoms with Crippen molar-refractivity contribution >= 4 is 12.0 Å². The number of benzene rings is 1. The van der Waals surface area contributed by atoms with Crippen molar-refractivity contribution in [3.8, 4) is 0 Å². The normalized spacial score (nSPS) is 28.4. The number of nitrogens with zero attached hydrogens (tertiary/aromatic N) is 1. The minimum Gasteiger partial charge on any atom is -0.447 e. The zero-order valence-corrected chi connectivity index (χ0v) is 16.0. The van der Waals surface area contributed by atoms with Crippen molar-refractivity contribution in [1.82, 2.24) is 10.2 Å². The molecule has 0 radical (unpaired) electrons. The van der Waals surface area contributed by atoms with Gasteiger partial charge in [0.2, 0.25) is 5.91 Å². The van der Waals surface area contributed by atoms with Crippen LogP contribution < -0.4 is 5.32 Å². The van der Waals surface area contributed by atoms with Crippen molar-refractivity contribution < 1.29 is 14.3 Å². The lowest BCUT2D eigenvalue weighted by molar-refractivity contribution is -0.144. The van der Waals surface area contributed by atoms with Crippen molar-refractivity contribution in [3.63, 3.8) is 0 Å². The molecule has 5 rings (SSSR count). The van der Waals surface area contributed by atoms with Crippen LogP contribution in [0.3, 0.4) is 0 Å².